The monoisotopic (exact) mass is 430 g/mol. The van der Waals surface area contributed by atoms with Gasteiger partial charge in [-0.3, -0.25) is 4.68 Å². The Kier molecular flexibility index (Phi) is 5.66. The molecule has 0 amide bonds. The minimum atomic E-state index is -3.60. The number of para-hydroxylation sites is 1. The summed E-state index contributed by atoms with van der Waals surface area (Å²) in [6.07, 6.45) is 5.45. The molecule has 0 spiro atoms. The molecule has 1 aromatic carbocycles. The zero-order valence-corrected chi connectivity index (χ0v) is 18.2. The number of sulfonamides is 1. The van der Waals surface area contributed by atoms with Crippen LogP contribution in [0.3, 0.4) is 0 Å². The molecule has 0 bridgehead atoms. The number of benzene rings is 1. The predicted molar refractivity (Wildman–Crippen MR) is 111 cm³/mol. The minimum absolute atomic E-state index is 0.0723. The molecule has 0 N–H and O–H groups in total. The van der Waals surface area contributed by atoms with Gasteiger partial charge < -0.3 is 9.15 Å². The third kappa shape index (κ3) is 3.99. The van der Waals surface area contributed by atoms with Crippen molar-refractivity contribution in [2.75, 3.05) is 20.2 Å². The Bertz CT molecular complexity index is 1140. The molecule has 0 aliphatic carbocycles. The first-order chi connectivity index (χ1) is 14.4. The number of oxazole rings is 1. The molecule has 3 aromatic rings. The second kappa shape index (κ2) is 8.23. The molecule has 1 fully saturated rings. The van der Waals surface area contributed by atoms with Gasteiger partial charge in [-0.05, 0) is 25.8 Å². The highest BCUT2D eigenvalue weighted by Gasteiger charge is 2.34. The van der Waals surface area contributed by atoms with Crippen LogP contribution in [0.2, 0.25) is 0 Å². The Morgan fingerprint density at radius 2 is 2.10 bits per heavy atom. The van der Waals surface area contributed by atoms with E-state index in [0.717, 1.165) is 29.9 Å². The first-order valence-corrected chi connectivity index (χ1v) is 11.4. The molecule has 3 heterocycles. The zero-order valence-electron chi connectivity index (χ0n) is 17.4. The Hall–Kier alpha value is -2.65. The SMILES string of the molecule is COc1ccccc1Cc1cnc([C@H]2CCCN(S(=O)(=O)c3cn(C)nc3C)C2)o1. The van der Waals surface area contributed by atoms with Gasteiger partial charge in [-0.15, -0.1) is 0 Å². The van der Waals surface area contributed by atoms with Crippen molar-refractivity contribution in [1.29, 1.82) is 0 Å². The molecule has 1 aliphatic rings. The fourth-order valence-corrected chi connectivity index (χ4v) is 5.69. The van der Waals surface area contributed by atoms with Crippen LogP contribution >= 0.6 is 0 Å². The van der Waals surface area contributed by atoms with Gasteiger partial charge in [-0.1, -0.05) is 18.2 Å². The van der Waals surface area contributed by atoms with Gasteiger partial charge in [0.25, 0.3) is 0 Å². The van der Waals surface area contributed by atoms with Crippen molar-refractivity contribution in [2.45, 2.75) is 37.0 Å². The van der Waals surface area contributed by atoms with Crippen molar-refractivity contribution in [3.05, 3.63) is 59.6 Å². The minimum Gasteiger partial charge on any atom is -0.496 e. The molecular formula is C21H26N4O4S. The van der Waals surface area contributed by atoms with Crippen LogP contribution in [-0.4, -0.2) is 47.7 Å². The maximum absolute atomic E-state index is 13.1. The van der Waals surface area contributed by atoms with Crippen LogP contribution in [0.1, 0.15) is 41.7 Å². The number of ether oxygens (including phenoxy) is 1. The lowest BCUT2D eigenvalue weighted by molar-refractivity contribution is 0.281. The summed E-state index contributed by atoms with van der Waals surface area (Å²) in [6.45, 7) is 2.56. The van der Waals surface area contributed by atoms with Gasteiger partial charge in [0.05, 0.1) is 19.0 Å². The molecule has 0 saturated carbocycles. The number of aryl methyl sites for hydroxylation is 2. The van der Waals surface area contributed by atoms with E-state index in [1.54, 1.807) is 33.5 Å². The van der Waals surface area contributed by atoms with Crippen molar-refractivity contribution >= 4 is 10.0 Å². The zero-order chi connectivity index (χ0) is 21.3. The molecule has 8 nitrogen and oxygen atoms in total. The Morgan fingerprint density at radius 3 is 2.83 bits per heavy atom. The number of piperidine rings is 1. The highest BCUT2D eigenvalue weighted by Crippen LogP contribution is 2.31. The Labute approximate surface area is 176 Å². The first-order valence-electron chi connectivity index (χ1n) is 9.95. The van der Waals surface area contributed by atoms with Crippen LogP contribution in [0.25, 0.3) is 0 Å². The summed E-state index contributed by atoms with van der Waals surface area (Å²) in [5, 5.41) is 4.18. The summed E-state index contributed by atoms with van der Waals surface area (Å²) in [7, 11) is -0.232. The third-order valence-electron chi connectivity index (χ3n) is 5.45. The molecule has 30 heavy (non-hydrogen) atoms. The molecule has 1 aliphatic heterocycles. The van der Waals surface area contributed by atoms with Gasteiger partial charge in [-0.25, -0.2) is 13.4 Å². The van der Waals surface area contributed by atoms with Gasteiger partial charge >= 0.3 is 0 Å². The van der Waals surface area contributed by atoms with Crippen LogP contribution in [0.4, 0.5) is 0 Å². The molecule has 160 valence electrons. The van der Waals surface area contributed by atoms with E-state index >= 15 is 0 Å². The summed E-state index contributed by atoms with van der Waals surface area (Å²) in [5.41, 5.74) is 1.53. The maximum Gasteiger partial charge on any atom is 0.246 e. The van der Waals surface area contributed by atoms with Gasteiger partial charge in [0.15, 0.2) is 5.89 Å². The summed E-state index contributed by atoms with van der Waals surface area (Å²) >= 11 is 0. The average molecular weight is 431 g/mol. The fourth-order valence-electron chi connectivity index (χ4n) is 3.96. The van der Waals surface area contributed by atoms with Crippen molar-refractivity contribution in [3.8, 4) is 5.75 Å². The van der Waals surface area contributed by atoms with Crippen molar-refractivity contribution < 1.29 is 17.6 Å². The smallest absolute Gasteiger partial charge is 0.246 e. The van der Waals surface area contributed by atoms with E-state index in [4.69, 9.17) is 9.15 Å². The molecular weight excluding hydrogens is 404 g/mol. The average Bonchev–Trinajstić information content (AvgIpc) is 3.34. The summed E-state index contributed by atoms with van der Waals surface area (Å²) < 4.78 is 40.7. The quantitative estimate of drug-likeness (QED) is 0.597. The van der Waals surface area contributed by atoms with Gasteiger partial charge in [0, 0.05) is 44.2 Å². The molecule has 9 heteroatoms. The van der Waals surface area contributed by atoms with Crippen LogP contribution in [-0.2, 0) is 23.5 Å². The number of methoxy groups -OCH3 is 1. The third-order valence-corrected chi connectivity index (χ3v) is 7.42. The second-order valence-electron chi connectivity index (χ2n) is 7.61. The first kappa shape index (κ1) is 20.6. The van der Waals surface area contributed by atoms with E-state index in [0.29, 0.717) is 31.1 Å². The maximum atomic E-state index is 13.1. The van der Waals surface area contributed by atoms with Crippen molar-refractivity contribution in [3.63, 3.8) is 0 Å². The standard InChI is InChI=1S/C21H26N4O4S/c1-15-20(14-24(2)23-15)30(26,27)25-10-6-8-17(13-25)21-22-12-18(29-21)11-16-7-4-5-9-19(16)28-3/h4-5,7,9,12,14,17H,6,8,10-11,13H2,1-3H3/t17-/m0/s1. The highest BCUT2D eigenvalue weighted by molar-refractivity contribution is 7.89. The largest absolute Gasteiger partial charge is 0.496 e. The molecule has 0 unspecified atom stereocenters. The van der Waals surface area contributed by atoms with Gasteiger partial charge in [0.1, 0.15) is 16.4 Å². The molecule has 0 radical (unpaired) electrons. The topological polar surface area (TPSA) is 90.5 Å². The number of nitrogens with zero attached hydrogens (tertiary/aromatic N) is 4. The van der Waals surface area contributed by atoms with Crippen LogP contribution < -0.4 is 4.74 Å². The van der Waals surface area contributed by atoms with Crippen LogP contribution in [0, 0.1) is 6.92 Å². The fraction of sp³-hybridized carbons (Fsp3) is 0.429. The van der Waals surface area contributed by atoms with Crippen LogP contribution in [0.5, 0.6) is 5.75 Å². The van der Waals surface area contributed by atoms with E-state index in [1.165, 1.54) is 8.99 Å². The lowest BCUT2D eigenvalue weighted by atomic mass is 10.00. The van der Waals surface area contributed by atoms with Crippen molar-refractivity contribution in [1.82, 2.24) is 19.1 Å². The van der Waals surface area contributed by atoms with Crippen molar-refractivity contribution in [2.24, 2.45) is 7.05 Å². The Balaban J connectivity index is 1.51. The summed E-state index contributed by atoms with van der Waals surface area (Å²) in [4.78, 5) is 4.72. The lowest BCUT2D eigenvalue weighted by Gasteiger charge is -2.30. The van der Waals surface area contributed by atoms with Gasteiger partial charge in [-0.2, -0.15) is 9.40 Å². The summed E-state index contributed by atoms with van der Waals surface area (Å²) in [6, 6.07) is 7.79. The van der Waals surface area contributed by atoms with E-state index in [-0.39, 0.29) is 10.8 Å². The highest BCUT2D eigenvalue weighted by atomic mass is 32.2. The number of hydrogen-bond acceptors (Lipinski definition) is 6. The van der Waals surface area contributed by atoms with Gasteiger partial charge in [0.2, 0.25) is 10.0 Å². The Morgan fingerprint density at radius 1 is 1.30 bits per heavy atom. The number of hydrogen-bond donors (Lipinski definition) is 0. The van der Waals surface area contributed by atoms with E-state index in [2.05, 4.69) is 10.1 Å². The normalized spacial score (nSPS) is 17.9. The predicted octanol–water partition coefficient (Wildman–Crippen LogP) is 2.88. The number of rotatable bonds is 6. The van der Waals surface area contributed by atoms with E-state index in [1.807, 2.05) is 24.3 Å². The van der Waals surface area contributed by atoms with E-state index in [9.17, 15) is 8.42 Å². The number of aromatic nitrogens is 3. The second-order valence-corrected chi connectivity index (χ2v) is 9.51. The molecule has 1 atom stereocenters. The molecule has 2 aromatic heterocycles. The lowest BCUT2D eigenvalue weighted by Crippen LogP contribution is -2.39. The molecule has 1 saturated heterocycles. The summed E-state index contributed by atoms with van der Waals surface area (Å²) in [5.74, 6) is 2.05. The van der Waals surface area contributed by atoms with E-state index < -0.39 is 10.0 Å². The molecule has 4 rings (SSSR count). The van der Waals surface area contributed by atoms with Crippen LogP contribution in [0.15, 0.2) is 46.0 Å².